The molecular formula is H4NiO8S3. The van der Waals surface area contributed by atoms with E-state index in [1.54, 1.807) is 0 Å². The normalized spacial score (nSPS) is 9.67. The van der Waals surface area contributed by atoms with E-state index in [0.29, 0.717) is 0 Å². The van der Waals surface area contributed by atoms with Gasteiger partial charge in [0.1, 0.15) is 0 Å². The van der Waals surface area contributed by atoms with Crippen molar-refractivity contribution in [3.8, 4) is 0 Å². The van der Waals surface area contributed by atoms with Crippen molar-refractivity contribution in [3.05, 3.63) is 0 Å². The molecule has 0 amide bonds. The molecule has 8 nitrogen and oxygen atoms in total. The van der Waals surface area contributed by atoms with Crippen LogP contribution in [0.4, 0.5) is 0 Å². The average Bonchev–Trinajstić information content (AvgIpc) is 1.12. The molecule has 0 saturated carbocycles. The van der Waals surface area contributed by atoms with Gasteiger partial charge in [-0.25, -0.2) is 0 Å². The summed E-state index contributed by atoms with van der Waals surface area (Å²) in [6.07, 6.45) is 0. The monoisotopic (exact) mass is 286 g/mol. The molecule has 0 bridgehead atoms. The summed E-state index contributed by atoms with van der Waals surface area (Å²) in [7, 11) is -9.83. The fourth-order valence-corrected chi connectivity index (χ4v) is 0. The van der Waals surface area contributed by atoms with Crippen molar-refractivity contribution < 1.29 is 51.5 Å². The predicted octanol–water partition coefficient (Wildman–Crippen LogP) is -1.88. The van der Waals surface area contributed by atoms with Crippen LogP contribution < -0.4 is 0 Å². The molecule has 0 heterocycles. The molecule has 0 radical (unpaired) electrons. The summed E-state index contributed by atoms with van der Waals surface area (Å²) in [4.78, 5) is 0. The molecule has 0 atom stereocenters. The maximum atomic E-state index is 8.74. The molecule has 0 fully saturated rings. The fraction of sp³-hybridized carbons (Fsp3) is 0. The van der Waals surface area contributed by atoms with E-state index >= 15 is 0 Å². The van der Waals surface area contributed by atoms with Crippen LogP contribution in [-0.4, -0.2) is 35.0 Å². The minimum absolute atomic E-state index is 0. The van der Waals surface area contributed by atoms with Crippen molar-refractivity contribution >= 4 is 34.3 Å². The Morgan fingerprint density at radius 3 is 0.917 bits per heavy atom. The molecule has 0 spiro atoms. The van der Waals surface area contributed by atoms with Crippen LogP contribution in [0.3, 0.4) is 0 Å². The van der Waals surface area contributed by atoms with Gasteiger partial charge in [0.15, 0.2) is 0 Å². The summed E-state index contributed by atoms with van der Waals surface area (Å²) in [5.41, 5.74) is 0. The van der Waals surface area contributed by atoms with E-state index in [2.05, 4.69) is 0 Å². The zero-order valence-corrected chi connectivity index (χ0v) is 8.60. The Balaban J connectivity index is -0.0000000457. The molecule has 12 heavy (non-hydrogen) atoms. The molecule has 0 saturated heterocycles. The summed E-state index contributed by atoms with van der Waals surface area (Å²) in [6.45, 7) is 0. The van der Waals surface area contributed by atoms with Gasteiger partial charge in [0.25, 0.3) is 0 Å². The predicted molar refractivity (Wildman–Crippen MR) is 35.0 cm³/mol. The molecule has 0 unspecified atom stereocenters. The second-order valence-electron chi connectivity index (χ2n) is 0.856. The van der Waals surface area contributed by atoms with Gasteiger partial charge in [-0.15, -0.1) is 0 Å². The largest absolute Gasteiger partial charge is 2.00 e. The van der Waals surface area contributed by atoms with Crippen LogP contribution in [0.25, 0.3) is 0 Å². The SMILES string of the molecule is O=S(=O)(O)O.O=S(=O)([O-])[O-].S.[Ni+2]. The summed E-state index contributed by atoms with van der Waals surface area (Å²) < 4.78 is 65.7. The third-order valence-corrected chi connectivity index (χ3v) is 0. The van der Waals surface area contributed by atoms with E-state index in [1.807, 2.05) is 0 Å². The van der Waals surface area contributed by atoms with Crippen LogP contribution in [0.2, 0.25) is 0 Å². The third-order valence-electron chi connectivity index (χ3n) is 0. The van der Waals surface area contributed by atoms with E-state index in [-0.39, 0.29) is 30.0 Å². The first-order valence-electron chi connectivity index (χ1n) is 1.37. The first-order valence-corrected chi connectivity index (χ1v) is 4.10. The smallest absolute Gasteiger partial charge is 0.759 e. The van der Waals surface area contributed by atoms with Crippen LogP contribution >= 0.6 is 13.5 Å². The van der Waals surface area contributed by atoms with Crippen molar-refractivity contribution in [2.24, 2.45) is 0 Å². The van der Waals surface area contributed by atoms with Gasteiger partial charge in [-0.3, -0.25) is 17.5 Å². The summed E-state index contributed by atoms with van der Waals surface area (Å²) in [6, 6.07) is 0. The van der Waals surface area contributed by atoms with E-state index in [0.717, 1.165) is 0 Å². The Kier molecular flexibility index (Phi) is 15.6. The molecule has 0 aliphatic rings. The van der Waals surface area contributed by atoms with Crippen molar-refractivity contribution in [1.82, 2.24) is 0 Å². The molecule has 0 aromatic carbocycles. The van der Waals surface area contributed by atoms with Crippen LogP contribution in [0.5, 0.6) is 0 Å². The summed E-state index contributed by atoms with van der Waals surface area (Å²) in [5.74, 6) is 0. The first kappa shape index (κ1) is 22.9. The van der Waals surface area contributed by atoms with Gasteiger partial charge in [0, 0.05) is 10.4 Å². The maximum absolute atomic E-state index is 8.74. The molecule has 0 aromatic heterocycles. The van der Waals surface area contributed by atoms with Gasteiger partial charge in [-0.2, -0.15) is 21.9 Å². The van der Waals surface area contributed by atoms with Gasteiger partial charge >= 0.3 is 26.9 Å². The standard InChI is InChI=1S/Ni.2H2O4S.H2S/c;2*1-5(2,3)4;/h;2*(H2,1,2,3,4);1H2/q+2;;;/p-2. The first-order chi connectivity index (χ1) is 4.00. The molecule has 2 N–H and O–H groups in total. The number of rotatable bonds is 0. The van der Waals surface area contributed by atoms with Gasteiger partial charge in [0.05, 0.1) is 0 Å². The summed E-state index contributed by atoms with van der Waals surface area (Å²) >= 11 is 0. The quantitative estimate of drug-likeness (QED) is 0.298. The van der Waals surface area contributed by atoms with Gasteiger partial charge in [0.2, 0.25) is 0 Å². The van der Waals surface area contributed by atoms with Crippen molar-refractivity contribution in [3.63, 3.8) is 0 Å². The Morgan fingerprint density at radius 1 is 0.917 bits per heavy atom. The van der Waals surface area contributed by atoms with E-state index < -0.39 is 20.8 Å². The molecule has 0 rings (SSSR count). The average molecular weight is 287 g/mol. The second-order valence-corrected chi connectivity index (χ2v) is 2.57. The van der Waals surface area contributed by atoms with Crippen molar-refractivity contribution in [1.29, 1.82) is 0 Å². The molecule has 0 aliphatic heterocycles. The third kappa shape index (κ3) is 2850. The molecule has 12 heteroatoms. The Bertz CT molecular complexity index is 211. The molecule has 80 valence electrons. The Labute approximate surface area is 85.9 Å². The summed E-state index contributed by atoms with van der Waals surface area (Å²) in [5, 5.41) is 0. The maximum Gasteiger partial charge on any atom is 2.00 e. The van der Waals surface area contributed by atoms with Crippen LogP contribution in [0, 0.1) is 0 Å². The fourth-order valence-electron chi connectivity index (χ4n) is 0. The topological polar surface area (TPSA) is 155 Å². The van der Waals surface area contributed by atoms with E-state index in [1.165, 1.54) is 0 Å². The van der Waals surface area contributed by atoms with Gasteiger partial charge in [-0.05, 0) is 0 Å². The zero-order valence-electron chi connectivity index (χ0n) is 4.98. The van der Waals surface area contributed by atoms with Gasteiger partial charge < -0.3 is 9.11 Å². The second kappa shape index (κ2) is 8.19. The zero-order chi connectivity index (χ0) is 9.00. The number of hydrogen-bond donors (Lipinski definition) is 2. The van der Waals surface area contributed by atoms with Gasteiger partial charge in [-0.1, -0.05) is 0 Å². The van der Waals surface area contributed by atoms with Crippen LogP contribution in [0.1, 0.15) is 0 Å². The van der Waals surface area contributed by atoms with Crippen LogP contribution in [0.15, 0.2) is 0 Å². The molecule has 0 aliphatic carbocycles. The minimum atomic E-state index is -5.17. The Morgan fingerprint density at radius 2 is 0.917 bits per heavy atom. The molecule has 0 aromatic rings. The van der Waals surface area contributed by atoms with Crippen molar-refractivity contribution in [2.45, 2.75) is 0 Å². The van der Waals surface area contributed by atoms with E-state index in [9.17, 15) is 0 Å². The minimum Gasteiger partial charge on any atom is -0.759 e. The van der Waals surface area contributed by atoms with E-state index in [4.69, 9.17) is 35.0 Å². The number of hydrogen-bond acceptors (Lipinski definition) is 6. The van der Waals surface area contributed by atoms with Crippen molar-refractivity contribution in [2.75, 3.05) is 0 Å². The van der Waals surface area contributed by atoms with Crippen LogP contribution in [-0.2, 0) is 37.3 Å². The molecular weight excluding hydrogens is 283 g/mol. The Hall–Kier alpha value is 0.584.